The molecule has 0 aliphatic carbocycles. The third-order valence-corrected chi connectivity index (χ3v) is 7.28. The van der Waals surface area contributed by atoms with Crippen LogP contribution >= 0.6 is 0 Å². The number of rotatable bonds is 10. The van der Waals surface area contributed by atoms with Crippen molar-refractivity contribution in [1.82, 2.24) is 24.4 Å². The Hall–Kier alpha value is -4.83. The van der Waals surface area contributed by atoms with Gasteiger partial charge in [-0.15, -0.1) is 0 Å². The van der Waals surface area contributed by atoms with Crippen molar-refractivity contribution in [2.75, 3.05) is 20.2 Å². The minimum Gasteiger partial charge on any atom is -0.496 e. The maximum atomic E-state index is 13.0. The number of aryl methyl sites for hydroxylation is 1. The number of hydrogen-bond donors (Lipinski definition) is 1. The summed E-state index contributed by atoms with van der Waals surface area (Å²) in [4.78, 5) is 27.1. The lowest BCUT2D eigenvalue weighted by Crippen LogP contribution is -2.33. The van der Waals surface area contributed by atoms with Crippen LogP contribution in [0.25, 0.3) is 11.0 Å². The molecule has 5 rings (SSSR count). The van der Waals surface area contributed by atoms with Crippen molar-refractivity contribution in [2.45, 2.75) is 38.5 Å². The largest absolute Gasteiger partial charge is 0.496 e. The zero-order valence-corrected chi connectivity index (χ0v) is 23.0. The molecule has 1 aliphatic heterocycles. The minimum atomic E-state index is -3.10. The molecule has 0 unspecified atom stereocenters. The third kappa shape index (κ3) is 6.23. The van der Waals surface area contributed by atoms with Gasteiger partial charge in [-0.25, -0.2) is 19.7 Å². The van der Waals surface area contributed by atoms with Crippen molar-refractivity contribution in [3.8, 4) is 23.4 Å². The Bertz CT molecular complexity index is 1650. The maximum absolute atomic E-state index is 13.0. The number of benzene rings is 1. The number of aromatic nitrogens is 4. The topological polar surface area (TPSA) is 136 Å². The molecule has 0 bridgehead atoms. The molecule has 1 N–H and O–H groups in total. The molecule has 1 aromatic carbocycles. The Morgan fingerprint density at radius 2 is 1.98 bits per heavy atom. The molecule has 1 aliphatic rings. The fraction of sp³-hybridized carbons (Fsp3) is 0.345. The number of ether oxygens (including phenoxy) is 3. The van der Waals surface area contributed by atoms with Crippen LogP contribution in [-0.2, 0) is 20.2 Å². The predicted molar refractivity (Wildman–Crippen MR) is 146 cm³/mol. The van der Waals surface area contributed by atoms with Gasteiger partial charge in [0.15, 0.2) is 5.75 Å². The highest BCUT2D eigenvalue weighted by Gasteiger charge is 2.25. The fourth-order valence-electron chi connectivity index (χ4n) is 5.06. The van der Waals surface area contributed by atoms with Crippen LogP contribution in [0.1, 0.15) is 51.9 Å². The van der Waals surface area contributed by atoms with E-state index in [0.29, 0.717) is 35.1 Å². The molecule has 1 fully saturated rings. The second kappa shape index (κ2) is 12.4. The van der Waals surface area contributed by atoms with Crippen LogP contribution in [0.3, 0.4) is 0 Å². The Kier molecular flexibility index (Phi) is 8.44. The number of aromatic carboxylic acids is 1. The molecule has 0 spiro atoms. The summed E-state index contributed by atoms with van der Waals surface area (Å²) >= 11 is 0. The summed E-state index contributed by atoms with van der Waals surface area (Å²) in [7, 11) is 3.25. The smallest absolute Gasteiger partial charge is 0.387 e. The van der Waals surface area contributed by atoms with Gasteiger partial charge in [-0.2, -0.15) is 14.0 Å². The van der Waals surface area contributed by atoms with Crippen molar-refractivity contribution in [1.29, 1.82) is 5.26 Å². The van der Waals surface area contributed by atoms with Gasteiger partial charge in [-0.3, -0.25) is 4.90 Å². The summed E-state index contributed by atoms with van der Waals surface area (Å²) in [5.41, 5.74) is 2.34. The Morgan fingerprint density at radius 1 is 1.19 bits per heavy atom. The number of carboxylic acids is 1. The number of likely N-dealkylation sites (tertiary alicyclic amines) is 1. The van der Waals surface area contributed by atoms with Gasteiger partial charge in [-0.05, 0) is 44.1 Å². The average molecular weight is 579 g/mol. The van der Waals surface area contributed by atoms with Gasteiger partial charge in [0.25, 0.3) is 0 Å². The van der Waals surface area contributed by atoms with Crippen LogP contribution in [0.4, 0.5) is 8.78 Å². The Balaban J connectivity index is 1.23. The van der Waals surface area contributed by atoms with E-state index in [2.05, 4.69) is 19.6 Å². The predicted octanol–water partition coefficient (Wildman–Crippen LogP) is 4.50. The molecule has 4 heterocycles. The lowest BCUT2D eigenvalue weighted by atomic mass is 9.93. The molecule has 0 saturated carbocycles. The molecule has 42 heavy (non-hydrogen) atoms. The number of carboxylic acid groups (broad SMARTS) is 1. The lowest BCUT2D eigenvalue weighted by molar-refractivity contribution is -0.0489. The van der Waals surface area contributed by atoms with E-state index >= 15 is 0 Å². The first kappa shape index (κ1) is 28.7. The van der Waals surface area contributed by atoms with Gasteiger partial charge in [0.05, 0.1) is 24.7 Å². The number of piperidine rings is 1. The van der Waals surface area contributed by atoms with Crippen LogP contribution in [-0.4, -0.2) is 62.3 Å². The standard InChI is InChI=1S/C29H28F2N6O5/c1-36-22-10-18(28(38)39)11-24(42-29(30)31)27(22)35-25(36)15-37-8-6-17(7-9-37)21-4-3-5-26(34-21)41-16-19-14-33-20(13-32)12-23(19)40-2/h3-5,10-12,14,17,29H,6-9,15-16H2,1-2H3,(H,38,39). The van der Waals surface area contributed by atoms with E-state index in [9.17, 15) is 18.7 Å². The van der Waals surface area contributed by atoms with E-state index in [1.165, 1.54) is 13.2 Å². The number of fused-ring (bicyclic) bond motifs is 1. The molecule has 11 nitrogen and oxygen atoms in total. The number of alkyl halides is 2. The number of halogens is 2. The summed E-state index contributed by atoms with van der Waals surface area (Å²) in [6.07, 6.45) is 3.24. The molecule has 0 amide bonds. The van der Waals surface area contributed by atoms with Crippen molar-refractivity contribution in [2.24, 2.45) is 7.05 Å². The van der Waals surface area contributed by atoms with Gasteiger partial charge in [0, 0.05) is 42.6 Å². The van der Waals surface area contributed by atoms with Gasteiger partial charge >= 0.3 is 12.6 Å². The first-order valence-corrected chi connectivity index (χ1v) is 13.2. The maximum Gasteiger partial charge on any atom is 0.387 e. The van der Waals surface area contributed by atoms with Gasteiger partial charge in [0.2, 0.25) is 5.88 Å². The number of carbonyl (C=O) groups is 1. The Morgan fingerprint density at radius 3 is 2.67 bits per heavy atom. The first-order valence-electron chi connectivity index (χ1n) is 13.2. The monoisotopic (exact) mass is 578 g/mol. The van der Waals surface area contributed by atoms with E-state index in [-0.39, 0.29) is 35.0 Å². The van der Waals surface area contributed by atoms with Crippen LogP contribution in [0.5, 0.6) is 17.4 Å². The summed E-state index contributed by atoms with van der Waals surface area (Å²) in [6, 6.07) is 11.7. The quantitative estimate of drug-likeness (QED) is 0.286. The zero-order chi connectivity index (χ0) is 29.8. The minimum absolute atomic E-state index is 0.153. The molecule has 1 saturated heterocycles. The summed E-state index contributed by atoms with van der Waals surface area (Å²) < 4.78 is 43.6. The second-order valence-electron chi connectivity index (χ2n) is 9.85. The van der Waals surface area contributed by atoms with Crippen molar-refractivity contribution in [3.05, 3.63) is 70.9 Å². The molecule has 218 valence electrons. The fourth-order valence-corrected chi connectivity index (χ4v) is 5.06. The van der Waals surface area contributed by atoms with Crippen LogP contribution in [0.2, 0.25) is 0 Å². The SMILES string of the molecule is COc1cc(C#N)ncc1COc1cccc(C2CCN(Cc3nc4c(OC(F)F)cc(C(=O)O)cc4n3C)CC2)n1. The van der Waals surface area contributed by atoms with Gasteiger partial charge < -0.3 is 23.9 Å². The highest BCUT2D eigenvalue weighted by molar-refractivity contribution is 5.95. The van der Waals surface area contributed by atoms with E-state index in [1.807, 2.05) is 18.2 Å². The van der Waals surface area contributed by atoms with E-state index < -0.39 is 12.6 Å². The lowest BCUT2D eigenvalue weighted by Gasteiger charge is -2.31. The number of methoxy groups -OCH3 is 1. The summed E-state index contributed by atoms with van der Waals surface area (Å²) in [5, 5.41) is 18.5. The molecule has 3 aromatic heterocycles. The van der Waals surface area contributed by atoms with Crippen molar-refractivity contribution in [3.63, 3.8) is 0 Å². The first-order chi connectivity index (χ1) is 20.2. The Labute approximate surface area is 239 Å². The number of pyridine rings is 2. The second-order valence-corrected chi connectivity index (χ2v) is 9.85. The van der Waals surface area contributed by atoms with Crippen molar-refractivity contribution >= 4 is 17.0 Å². The van der Waals surface area contributed by atoms with Crippen LogP contribution in [0.15, 0.2) is 42.6 Å². The number of hydrogen-bond acceptors (Lipinski definition) is 9. The highest BCUT2D eigenvalue weighted by atomic mass is 19.3. The summed E-state index contributed by atoms with van der Waals surface area (Å²) in [5.74, 6) is 0.332. The molecular formula is C29H28F2N6O5. The van der Waals surface area contributed by atoms with E-state index in [4.69, 9.17) is 19.7 Å². The van der Waals surface area contributed by atoms with Crippen LogP contribution < -0.4 is 14.2 Å². The molecular weight excluding hydrogens is 550 g/mol. The molecule has 0 atom stereocenters. The number of nitriles is 1. The number of imidazole rings is 1. The van der Waals surface area contributed by atoms with Gasteiger partial charge in [0.1, 0.15) is 35.5 Å². The normalized spacial score (nSPS) is 14.2. The molecule has 0 radical (unpaired) electrons. The van der Waals surface area contributed by atoms with Crippen molar-refractivity contribution < 1.29 is 32.9 Å². The zero-order valence-electron chi connectivity index (χ0n) is 23.0. The summed E-state index contributed by atoms with van der Waals surface area (Å²) in [6.45, 7) is -0.932. The molecule has 13 heteroatoms. The third-order valence-electron chi connectivity index (χ3n) is 7.28. The van der Waals surface area contributed by atoms with E-state index in [1.54, 1.807) is 29.9 Å². The van der Waals surface area contributed by atoms with E-state index in [0.717, 1.165) is 37.7 Å². The highest BCUT2D eigenvalue weighted by Crippen LogP contribution is 2.32. The average Bonchev–Trinajstić information content (AvgIpc) is 3.31. The van der Waals surface area contributed by atoms with Crippen LogP contribution in [0, 0.1) is 11.3 Å². The van der Waals surface area contributed by atoms with Gasteiger partial charge in [-0.1, -0.05) is 6.07 Å². The molecule has 4 aromatic rings. The number of nitrogens with zero attached hydrogens (tertiary/aromatic N) is 6.